The molecule has 0 atom stereocenters. The highest BCUT2D eigenvalue weighted by molar-refractivity contribution is 6.30. The molecule has 0 aliphatic heterocycles. The van der Waals surface area contributed by atoms with Crippen molar-refractivity contribution in [2.45, 2.75) is 13.2 Å². The predicted molar refractivity (Wildman–Crippen MR) is 148 cm³/mol. The molecule has 2 amide bonds. The van der Waals surface area contributed by atoms with Gasteiger partial charge in [0.15, 0.2) is 5.82 Å². The minimum Gasteiger partial charge on any atom is -0.489 e. The van der Waals surface area contributed by atoms with Crippen molar-refractivity contribution in [3.8, 4) is 16.9 Å². The lowest BCUT2D eigenvalue weighted by Gasteiger charge is -2.22. The molecule has 5 rings (SSSR count). The number of carbonyl (C=O) groups is 1. The summed E-state index contributed by atoms with van der Waals surface area (Å²) >= 11 is 5.95. The molecular weight excluding hydrogens is 507 g/mol. The Hall–Kier alpha value is -4.60. The van der Waals surface area contributed by atoms with E-state index < -0.39 is 11.8 Å². The maximum atomic E-state index is 13.9. The van der Waals surface area contributed by atoms with Gasteiger partial charge in [-0.3, -0.25) is 10.00 Å². The molecule has 5 aromatic rings. The Labute approximate surface area is 222 Å². The fourth-order valence-electron chi connectivity index (χ4n) is 4.31. The second-order valence-electron chi connectivity index (χ2n) is 8.57. The minimum atomic E-state index is -0.709. The number of rotatable bonds is 7. The molecule has 1 aromatic heterocycles. The van der Waals surface area contributed by atoms with Gasteiger partial charge in [-0.25, -0.2) is 9.18 Å². The lowest BCUT2D eigenvalue weighted by atomic mass is 9.98. The lowest BCUT2D eigenvalue weighted by molar-refractivity contribution is 0.256. The molecule has 4 aromatic carbocycles. The first kappa shape index (κ1) is 25.1. The van der Waals surface area contributed by atoms with Gasteiger partial charge in [-0.15, -0.1) is 0 Å². The van der Waals surface area contributed by atoms with Gasteiger partial charge in [0.25, 0.3) is 0 Å². The molecule has 0 spiro atoms. The number of aromatic nitrogens is 2. The number of H-pyrrole nitrogens is 1. The van der Waals surface area contributed by atoms with Gasteiger partial charge in [-0.05, 0) is 65.7 Å². The molecule has 38 heavy (non-hydrogen) atoms. The van der Waals surface area contributed by atoms with Gasteiger partial charge in [0.2, 0.25) is 0 Å². The zero-order valence-corrected chi connectivity index (χ0v) is 20.9. The number of hydrogen-bond acceptors (Lipinski definition) is 5. The Morgan fingerprint density at radius 3 is 2.37 bits per heavy atom. The van der Waals surface area contributed by atoms with Crippen molar-refractivity contribution in [1.82, 2.24) is 10.2 Å². The molecule has 0 radical (unpaired) electrons. The number of benzene rings is 4. The molecule has 8 nitrogen and oxygen atoms in total. The summed E-state index contributed by atoms with van der Waals surface area (Å²) in [5.41, 5.74) is 22.1. The summed E-state index contributed by atoms with van der Waals surface area (Å²) in [6.07, 6.45) is 0. The van der Waals surface area contributed by atoms with Crippen LogP contribution in [0.4, 0.5) is 26.4 Å². The second kappa shape index (κ2) is 10.4. The lowest BCUT2D eigenvalue weighted by Crippen LogP contribution is -2.31. The van der Waals surface area contributed by atoms with E-state index in [9.17, 15) is 9.18 Å². The molecule has 192 valence electrons. The number of ether oxygens (including phenoxy) is 1. The van der Waals surface area contributed by atoms with E-state index >= 15 is 0 Å². The van der Waals surface area contributed by atoms with E-state index in [1.54, 1.807) is 36.4 Å². The highest BCUT2D eigenvalue weighted by atomic mass is 35.5. The largest absolute Gasteiger partial charge is 0.489 e. The van der Waals surface area contributed by atoms with Crippen molar-refractivity contribution >= 4 is 45.7 Å². The number of nitrogen functional groups attached to an aromatic ring is 1. The first-order valence-electron chi connectivity index (χ1n) is 11.7. The van der Waals surface area contributed by atoms with Crippen LogP contribution in [-0.2, 0) is 13.2 Å². The Balaban J connectivity index is 1.46. The van der Waals surface area contributed by atoms with E-state index in [1.807, 2.05) is 24.3 Å². The first-order chi connectivity index (χ1) is 18.4. The maximum absolute atomic E-state index is 13.9. The third-order valence-corrected chi connectivity index (χ3v) is 6.46. The van der Waals surface area contributed by atoms with E-state index in [0.717, 1.165) is 27.6 Å². The Kier molecular flexibility index (Phi) is 6.87. The van der Waals surface area contributed by atoms with Gasteiger partial charge in [-0.2, -0.15) is 5.10 Å². The van der Waals surface area contributed by atoms with Gasteiger partial charge in [0.05, 0.1) is 22.3 Å². The summed E-state index contributed by atoms with van der Waals surface area (Å²) in [4.78, 5) is 13.6. The normalized spacial score (nSPS) is 11.0. The summed E-state index contributed by atoms with van der Waals surface area (Å²) < 4.78 is 19.9. The van der Waals surface area contributed by atoms with Crippen LogP contribution < -0.4 is 26.8 Å². The second-order valence-corrected chi connectivity index (χ2v) is 9.01. The SMILES string of the molecule is NCc1cc(N(C(N)=O)c2ccc(-c3ccc(COc4ccc(Cl)cc4)c4[nH]nc(N)c34)cc2)ccc1F. The molecule has 0 fully saturated rings. The quantitative estimate of drug-likeness (QED) is 0.209. The van der Waals surface area contributed by atoms with Crippen molar-refractivity contribution in [1.29, 1.82) is 0 Å². The van der Waals surface area contributed by atoms with Gasteiger partial charge >= 0.3 is 6.03 Å². The summed E-state index contributed by atoms with van der Waals surface area (Å²) in [6, 6.07) is 21.8. The molecule has 0 saturated heterocycles. The minimum absolute atomic E-state index is 0.00588. The number of fused-ring (bicyclic) bond motifs is 1. The zero-order valence-electron chi connectivity index (χ0n) is 20.1. The highest BCUT2D eigenvalue weighted by Crippen LogP contribution is 2.36. The van der Waals surface area contributed by atoms with Crippen LogP contribution in [-0.4, -0.2) is 16.2 Å². The summed E-state index contributed by atoms with van der Waals surface area (Å²) in [7, 11) is 0. The Bertz CT molecular complexity index is 1620. The van der Waals surface area contributed by atoms with Crippen LogP contribution >= 0.6 is 11.6 Å². The van der Waals surface area contributed by atoms with E-state index in [2.05, 4.69) is 10.2 Å². The fourth-order valence-corrected chi connectivity index (χ4v) is 4.44. The fraction of sp³-hybridized carbons (Fsp3) is 0.0714. The topological polar surface area (TPSA) is 136 Å². The molecule has 0 saturated carbocycles. The molecule has 10 heteroatoms. The molecule has 1 heterocycles. The number of primary amides is 1. The number of amides is 2. The number of anilines is 3. The summed E-state index contributed by atoms with van der Waals surface area (Å²) in [5, 5.41) is 8.61. The third-order valence-electron chi connectivity index (χ3n) is 6.21. The number of nitrogens with zero attached hydrogens (tertiary/aromatic N) is 2. The van der Waals surface area contributed by atoms with Crippen LogP contribution in [0.25, 0.3) is 22.0 Å². The van der Waals surface area contributed by atoms with Crippen molar-refractivity contribution < 1.29 is 13.9 Å². The number of hydrogen-bond donors (Lipinski definition) is 4. The number of aromatic amines is 1. The van der Waals surface area contributed by atoms with Crippen LogP contribution in [0.2, 0.25) is 5.02 Å². The Morgan fingerprint density at radius 1 is 0.974 bits per heavy atom. The van der Waals surface area contributed by atoms with Crippen LogP contribution in [0, 0.1) is 5.82 Å². The van der Waals surface area contributed by atoms with E-state index in [4.69, 9.17) is 33.5 Å². The average molecular weight is 531 g/mol. The number of nitrogens with one attached hydrogen (secondary N) is 1. The maximum Gasteiger partial charge on any atom is 0.323 e. The molecule has 0 bridgehead atoms. The van der Waals surface area contributed by atoms with Crippen LogP contribution in [0.3, 0.4) is 0 Å². The number of carbonyl (C=O) groups excluding carboxylic acids is 1. The van der Waals surface area contributed by atoms with Crippen molar-refractivity contribution in [2.75, 3.05) is 10.6 Å². The molecule has 0 aliphatic carbocycles. The van der Waals surface area contributed by atoms with Gasteiger partial charge < -0.3 is 21.9 Å². The van der Waals surface area contributed by atoms with Crippen LogP contribution in [0.1, 0.15) is 11.1 Å². The summed E-state index contributed by atoms with van der Waals surface area (Å²) in [6.45, 7) is 0.295. The number of halogens is 2. The van der Waals surface area contributed by atoms with Gasteiger partial charge in [0, 0.05) is 22.7 Å². The van der Waals surface area contributed by atoms with Crippen molar-refractivity contribution in [3.63, 3.8) is 0 Å². The van der Waals surface area contributed by atoms with Crippen LogP contribution in [0.15, 0.2) is 78.9 Å². The zero-order chi connectivity index (χ0) is 26.8. The van der Waals surface area contributed by atoms with E-state index in [1.165, 1.54) is 23.1 Å². The highest BCUT2D eigenvalue weighted by Gasteiger charge is 2.18. The predicted octanol–water partition coefficient (Wildman–Crippen LogP) is 5.86. The molecule has 0 unspecified atom stereocenters. The smallest absolute Gasteiger partial charge is 0.323 e. The van der Waals surface area contributed by atoms with Crippen molar-refractivity contribution in [3.05, 3.63) is 101 Å². The first-order valence-corrected chi connectivity index (χ1v) is 12.1. The molecule has 7 N–H and O–H groups in total. The third kappa shape index (κ3) is 4.84. The number of urea groups is 1. The number of nitrogens with two attached hydrogens (primary N) is 3. The molecule has 0 aliphatic rings. The Morgan fingerprint density at radius 2 is 1.68 bits per heavy atom. The monoisotopic (exact) mass is 530 g/mol. The van der Waals surface area contributed by atoms with Gasteiger partial charge in [-0.1, -0.05) is 35.9 Å². The van der Waals surface area contributed by atoms with Crippen LogP contribution in [0.5, 0.6) is 5.75 Å². The van der Waals surface area contributed by atoms with Gasteiger partial charge in [0.1, 0.15) is 18.2 Å². The van der Waals surface area contributed by atoms with Crippen molar-refractivity contribution in [2.24, 2.45) is 11.5 Å². The summed E-state index contributed by atoms with van der Waals surface area (Å²) in [5.74, 6) is 0.597. The van der Waals surface area contributed by atoms with E-state index in [0.29, 0.717) is 34.6 Å². The standard InChI is InChI=1S/C28H24ClFN6O2/c29-19-4-9-22(10-5-19)38-15-17-3-11-23(25-26(17)34-35-27(25)32)16-1-6-20(7-2-16)36(28(33)37)21-8-12-24(30)18(13-21)14-31/h1-13H,14-15,31H2,(H2,33,37)(H3,32,34,35). The molecular formula is C28H24ClFN6O2. The van der Waals surface area contributed by atoms with E-state index in [-0.39, 0.29) is 12.1 Å². The average Bonchev–Trinajstić information content (AvgIpc) is 3.31.